The van der Waals surface area contributed by atoms with Gasteiger partial charge in [0.05, 0.1) is 5.69 Å². The SMILES string of the molecule is Cc1ccnn1[C@H](C)C(=O)Nc1cn(C)nc1C(N)=O. The molecule has 106 valence electrons. The molecule has 0 saturated heterocycles. The Labute approximate surface area is 115 Å². The minimum atomic E-state index is -0.691. The van der Waals surface area contributed by atoms with Crippen LogP contribution in [0.5, 0.6) is 0 Å². The van der Waals surface area contributed by atoms with Gasteiger partial charge in [0.15, 0.2) is 5.69 Å². The largest absolute Gasteiger partial charge is 0.364 e. The number of hydrogen-bond donors (Lipinski definition) is 2. The molecule has 0 bridgehead atoms. The Kier molecular flexibility index (Phi) is 3.55. The fourth-order valence-electron chi connectivity index (χ4n) is 1.90. The van der Waals surface area contributed by atoms with Crippen LogP contribution in [0.4, 0.5) is 5.69 Å². The summed E-state index contributed by atoms with van der Waals surface area (Å²) in [5.74, 6) is -0.990. The lowest BCUT2D eigenvalue weighted by Gasteiger charge is -2.13. The van der Waals surface area contributed by atoms with E-state index in [2.05, 4.69) is 15.5 Å². The standard InChI is InChI=1S/C12H16N6O2/c1-7-4-5-14-18(7)8(2)12(20)15-9-6-17(3)16-10(9)11(13)19/h4-6,8H,1-3H3,(H2,13,19)(H,15,20)/t8-/m1/s1. The van der Waals surface area contributed by atoms with Crippen LogP contribution in [0, 0.1) is 6.92 Å². The number of nitrogens with zero attached hydrogens (tertiary/aromatic N) is 4. The van der Waals surface area contributed by atoms with E-state index in [0.29, 0.717) is 5.69 Å². The molecule has 2 amide bonds. The van der Waals surface area contributed by atoms with Crippen LogP contribution in [0.3, 0.4) is 0 Å². The van der Waals surface area contributed by atoms with Crippen molar-refractivity contribution in [3.05, 3.63) is 29.8 Å². The molecule has 20 heavy (non-hydrogen) atoms. The highest BCUT2D eigenvalue weighted by molar-refractivity contribution is 6.02. The molecule has 1 atom stereocenters. The molecular formula is C12H16N6O2. The first-order valence-corrected chi connectivity index (χ1v) is 6.04. The van der Waals surface area contributed by atoms with Gasteiger partial charge in [-0.3, -0.25) is 19.0 Å². The molecule has 0 aliphatic carbocycles. The maximum absolute atomic E-state index is 12.2. The van der Waals surface area contributed by atoms with Crippen molar-refractivity contribution in [1.82, 2.24) is 19.6 Å². The number of hydrogen-bond acceptors (Lipinski definition) is 4. The normalized spacial score (nSPS) is 12.2. The Bertz CT molecular complexity index is 657. The lowest BCUT2D eigenvalue weighted by atomic mass is 10.2. The Morgan fingerprint density at radius 1 is 1.45 bits per heavy atom. The molecule has 0 aliphatic rings. The maximum atomic E-state index is 12.2. The van der Waals surface area contributed by atoms with Gasteiger partial charge in [0.1, 0.15) is 6.04 Å². The number of nitrogens with two attached hydrogens (primary N) is 1. The Hall–Kier alpha value is -2.64. The van der Waals surface area contributed by atoms with E-state index in [1.807, 2.05) is 13.0 Å². The molecule has 2 aromatic rings. The monoisotopic (exact) mass is 276 g/mol. The maximum Gasteiger partial charge on any atom is 0.271 e. The van der Waals surface area contributed by atoms with E-state index in [1.165, 1.54) is 10.9 Å². The Morgan fingerprint density at radius 2 is 2.15 bits per heavy atom. The van der Waals surface area contributed by atoms with E-state index in [1.54, 1.807) is 24.9 Å². The van der Waals surface area contributed by atoms with Crippen LogP contribution in [-0.2, 0) is 11.8 Å². The average molecular weight is 276 g/mol. The predicted octanol–water partition coefficient (Wildman–Crippen LogP) is 0.224. The molecule has 0 saturated carbocycles. The summed E-state index contributed by atoms with van der Waals surface area (Å²) in [4.78, 5) is 23.4. The highest BCUT2D eigenvalue weighted by Gasteiger charge is 2.21. The number of nitrogens with one attached hydrogen (secondary N) is 1. The molecule has 0 aromatic carbocycles. The van der Waals surface area contributed by atoms with Gasteiger partial charge in [-0.25, -0.2) is 0 Å². The van der Waals surface area contributed by atoms with Crippen LogP contribution in [-0.4, -0.2) is 31.4 Å². The van der Waals surface area contributed by atoms with Gasteiger partial charge in [-0.05, 0) is 19.9 Å². The van der Waals surface area contributed by atoms with Gasteiger partial charge in [0.25, 0.3) is 5.91 Å². The number of aromatic nitrogens is 4. The van der Waals surface area contributed by atoms with Crippen LogP contribution >= 0.6 is 0 Å². The first kappa shape index (κ1) is 13.8. The topological polar surface area (TPSA) is 108 Å². The molecular weight excluding hydrogens is 260 g/mol. The molecule has 2 aromatic heterocycles. The van der Waals surface area contributed by atoms with E-state index in [9.17, 15) is 9.59 Å². The number of aryl methyl sites for hydroxylation is 2. The predicted molar refractivity (Wildman–Crippen MR) is 72.0 cm³/mol. The molecule has 8 nitrogen and oxygen atoms in total. The van der Waals surface area contributed by atoms with E-state index < -0.39 is 11.9 Å². The Morgan fingerprint density at radius 3 is 2.70 bits per heavy atom. The number of rotatable bonds is 4. The van der Waals surface area contributed by atoms with Crippen LogP contribution in [0.15, 0.2) is 18.5 Å². The second-order valence-electron chi connectivity index (χ2n) is 4.51. The molecule has 0 unspecified atom stereocenters. The molecule has 0 aliphatic heterocycles. The summed E-state index contributed by atoms with van der Waals surface area (Å²) in [5, 5.41) is 10.6. The molecule has 0 fully saturated rings. The van der Waals surface area contributed by atoms with Crippen molar-refractivity contribution in [2.24, 2.45) is 12.8 Å². The fraction of sp³-hybridized carbons (Fsp3) is 0.333. The van der Waals surface area contributed by atoms with Crippen molar-refractivity contribution < 1.29 is 9.59 Å². The quantitative estimate of drug-likeness (QED) is 0.832. The third-order valence-corrected chi connectivity index (χ3v) is 2.93. The van der Waals surface area contributed by atoms with Gasteiger partial charge in [-0.2, -0.15) is 10.2 Å². The second-order valence-corrected chi connectivity index (χ2v) is 4.51. The Balaban J connectivity index is 2.20. The highest BCUT2D eigenvalue weighted by Crippen LogP contribution is 2.16. The lowest BCUT2D eigenvalue weighted by molar-refractivity contribution is -0.119. The molecule has 0 spiro atoms. The first-order valence-electron chi connectivity index (χ1n) is 6.04. The van der Waals surface area contributed by atoms with Crippen molar-refractivity contribution in [3.8, 4) is 0 Å². The molecule has 3 N–H and O–H groups in total. The van der Waals surface area contributed by atoms with Gasteiger partial charge in [-0.1, -0.05) is 0 Å². The zero-order valence-electron chi connectivity index (χ0n) is 11.5. The van der Waals surface area contributed by atoms with E-state index >= 15 is 0 Å². The smallest absolute Gasteiger partial charge is 0.271 e. The third-order valence-electron chi connectivity index (χ3n) is 2.93. The van der Waals surface area contributed by atoms with Crippen LogP contribution < -0.4 is 11.1 Å². The molecule has 8 heteroatoms. The highest BCUT2D eigenvalue weighted by atomic mass is 16.2. The van der Waals surface area contributed by atoms with E-state index in [4.69, 9.17) is 5.73 Å². The number of primary amides is 1. The number of carbonyl (C=O) groups is 2. The van der Waals surface area contributed by atoms with E-state index in [-0.39, 0.29) is 11.6 Å². The van der Waals surface area contributed by atoms with E-state index in [0.717, 1.165) is 5.69 Å². The zero-order chi connectivity index (χ0) is 14.9. The number of carbonyl (C=O) groups excluding carboxylic acids is 2. The van der Waals surface area contributed by atoms with Crippen molar-refractivity contribution in [3.63, 3.8) is 0 Å². The summed E-state index contributed by atoms with van der Waals surface area (Å²) in [6.07, 6.45) is 3.15. The average Bonchev–Trinajstić information content (AvgIpc) is 2.94. The summed E-state index contributed by atoms with van der Waals surface area (Å²) in [6.45, 7) is 3.57. The molecule has 0 radical (unpaired) electrons. The van der Waals surface area contributed by atoms with Crippen LogP contribution in [0.2, 0.25) is 0 Å². The summed E-state index contributed by atoms with van der Waals surface area (Å²) in [7, 11) is 1.64. The van der Waals surface area contributed by atoms with Gasteiger partial charge in [0.2, 0.25) is 5.91 Å². The van der Waals surface area contributed by atoms with Crippen LogP contribution in [0.1, 0.15) is 29.1 Å². The lowest BCUT2D eigenvalue weighted by Crippen LogP contribution is -2.26. The first-order chi connectivity index (χ1) is 9.40. The number of amides is 2. The minimum Gasteiger partial charge on any atom is -0.364 e. The van der Waals surface area contributed by atoms with Crippen molar-refractivity contribution in [2.45, 2.75) is 19.9 Å². The van der Waals surface area contributed by atoms with Gasteiger partial charge >= 0.3 is 0 Å². The zero-order valence-corrected chi connectivity index (χ0v) is 11.5. The summed E-state index contributed by atoms with van der Waals surface area (Å²) in [6, 6.07) is 1.30. The number of anilines is 1. The minimum absolute atomic E-state index is 0.0326. The third kappa shape index (κ3) is 2.53. The van der Waals surface area contributed by atoms with Gasteiger partial charge < -0.3 is 11.1 Å². The van der Waals surface area contributed by atoms with Gasteiger partial charge in [0, 0.05) is 25.1 Å². The van der Waals surface area contributed by atoms with Crippen molar-refractivity contribution in [2.75, 3.05) is 5.32 Å². The summed E-state index contributed by atoms with van der Waals surface area (Å²) < 4.78 is 3.01. The fourth-order valence-corrected chi connectivity index (χ4v) is 1.90. The van der Waals surface area contributed by atoms with Crippen molar-refractivity contribution >= 4 is 17.5 Å². The summed E-state index contributed by atoms with van der Waals surface area (Å²) >= 11 is 0. The summed E-state index contributed by atoms with van der Waals surface area (Å²) in [5.41, 5.74) is 6.41. The van der Waals surface area contributed by atoms with Crippen LogP contribution in [0.25, 0.3) is 0 Å². The second kappa shape index (κ2) is 5.16. The molecule has 2 rings (SSSR count). The van der Waals surface area contributed by atoms with Crippen molar-refractivity contribution in [1.29, 1.82) is 0 Å². The molecule has 2 heterocycles. The van der Waals surface area contributed by atoms with Gasteiger partial charge in [-0.15, -0.1) is 0 Å².